The summed E-state index contributed by atoms with van der Waals surface area (Å²) in [5, 5.41) is 2.67. The fourth-order valence-corrected chi connectivity index (χ4v) is 1.59. The zero-order valence-electron chi connectivity index (χ0n) is 10.9. The molecule has 0 aliphatic carbocycles. The van der Waals surface area contributed by atoms with E-state index in [1.807, 2.05) is 42.5 Å². The first-order valence-corrected chi connectivity index (χ1v) is 6.04. The number of benzene rings is 2. The number of carbonyl (C=O) groups is 1. The monoisotopic (exact) mass is 292 g/mol. The van der Waals surface area contributed by atoms with Crippen molar-refractivity contribution in [2.45, 2.75) is 6.61 Å². The number of ether oxygens (including phenoxy) is 1. The van der Waals surface area contributed by atoms with Gasteiger partial charge in [0, 0.05) is 5.69 Å². The number of carbonyl (C=O) groups excluding carboxylic acids is 1. The molecule has 0 aromatic heterocycles. The summed E-state index contributed by atoms with van der Waals surface area (Å²) in [5.74, 6) is 0.549. The van der Waals surface area contributed by atoms with Gasteiger partial charge >= 0.3 is 0 Å². The standard InChI is InChI=1S/C15H16N2O2.ClH/c16-10-15(18)17-13-6-8-14(9-7-13)19-11-12-4-2-1-3-5-12;/h1-9H,10-11,16H2,(H,17,18);1H. The normalized spacial score (nSPS) is 9.45. The maximum absolute atomic E-state index is 11.1. The van der Waals surface area contributed by atoms with E-state index in [-0.39, 0.29) is 24.9 Å². The number of amides is 1. The topological polar surface area (TPSA) is 64.4 Å². The van der Waals surface area contributed by atoms with Gasteiger partial charge in [0.2, 0.25) is 5.91 Å². The molecule has 0 saturated carbocycles. The fraction of sp³-hybridized carbons (Fsp3) is 0.133. The molecule has 0 aliphatic heterocycles. The lowest BCUT2D eigenvalue weighted by Crippen LogP contribution is -2.21. The molecule has 4 nitrogen and oxygen atoms in total. The maximum Gasteiger partial charge on any atom is 0.238 e. The van der Waals surface area contributed by atoms with E-state index in [0.29, 0.717) is 12.3 Å². The van der Waals surface area contributed by atoms with Crippen LogP contribution >= 0.6 is 12.4 Å². The molecule has 0 fully saturated rings. The van der Waals surface area contributed by atoms with Crippen LogP contribution in [0.15, 0.2) is 54.6 Å². The first-order chi connectivity index (χ1) is 9.28. The van der Waals surface area contributed by atoms with Crippen LogP contribution in [-0.4, -0.2) is 12.5 Å². The Hall–Kier alpha value is -2.04. The Morgan fingerprint density at radius 1 is 1.05 bits per heavy atom. The van der Waals surface area contributed by atoms with Crippen LogP contribution in [-0.2, 0) is 11.4 Å². The largest absolute Gasteiger partial charge is 0.489 e. The van der Waals surface area contributed by atoms with E-state index in [2.05, 4.69) is 5.32 Å². The van der Waals surface area contributed by atoms with Crippen LogP contribution in [0.3, 0.4) is 0 Å². The minimum absolute atomic E-state index is 0. The summed E-state index contributed by atoms with van der Waals surface area (Å²) in [6.07, 6.45) is 0. The Morgan fingerprint density at radius 2 is 1.70 bits per heavy atom. The van der Waals surface area contributed by atoms with Gasteiger partial charge in [-0.2, -0.15) is 0 Å². The number of halogens is 1. The average Bonchev–Trinajstić information content (AvgIpc) is 2.47. The van der Waals surface area contributed by atoms with Crippen LogP contribution in [0.4, 0.5) is 5.69 Å². The molecule has 2 rings (SSSR count). The molecule has 106 valence electrons. The molecule has 2 aromatic rings. The zero-order chi connectivity index (χ0) is 13.5. The molecule has 1 amide bonds. The first-order valence-electron chi connectivity index (χ1n) is 6.04. The predicted octanol–water partition coefficient (Wildman–Crippen LogP) is 2.58. The van der Waals surface area contributed by atoms with Crippen LogP contribution < -0.4 is 15.8 Å². The smallest absolute Gasteiger partial charge is 0.238 e. The van der Waals surface area contributed by atoms with Crippen molar-refractivity contribution >= 4 is 24.0 Å². The second-order valence-corrected chi connectivity index (χ2v) is 4.05. The summed E-state index contributed by atoms with van der Waals surface area (Å²) >= 11 is 0. The zero-order valence-corrected chi connectivity index (χ0v) is 11.7. The number of hydrogen-bond donors (Lipinski definition) is 2. The lowest BCUT2D eigenvalue weighted by atomic mass is 10.2. The van der Waals surface area contributed by atoms with Crippen molar-refractivity contribution in [3.63, 3.8) is 0 Å². The number of anilines is 1. The van der Waals surface area contributed by atoms with Gasteiger partial charge in [0.25, 0.3) is 0 Å². The SMILES string of the molecule is Cl.NCC(=O)Nc1ccc(OCc2ccccc2)cc1. The first kappa shape index (κ1) is 16.0. The molecule has 3 N–H and O–H groups in total. The number of hydrogen-bond acceptors (Lipinski definition) is 3. The van der Waals surface area contributed by atoms with Crippen molar-refractivity contribution in [3.05, 3.63) is 60.2 Å². The van der Waals surface area contributed by atoms with E-state index >= 15 is 0 Å². The molecular weight excluding hydrogens is 276 g/mol. The summed E-state index contributed by atoms with van der Waals surface area (Å²) in [5.41, 5.74) is 7.05. The summed E-state index contributed by atoms with van der Waals surface area (Å²) in [6, 6.07) is 17.1. The Bertz CT molecular complexity index is 529. The molecular formula is C15H17ClN2O2. The maximum atomic E-state index is 11.1. The molecule has 5 heteroatoms. The molecule has 0 aliphatic rings. The Kier molecular flexibility index (Phi) is 6.56. The van der Waals surface area contributed by atoms with Gasteiger partial charge in [0.1, 0.15) is 12.4 Å². The van der Waals surface area contributed by atoms with Crippen molar-refractivity contribution < 1.29 is 9.53 Å². The minimum Gasteiger partial charge on any atom is -0.489 e. The lowest BCUT2D eigenvalue weighted by Gasteiger charge is -2.08. The van der Waals surface area contributed by atoms with E-state index < -0.39 is 0 Å². The molecule has 0 bridgehead atoms. The van der Waals surface area contributed by atoms with Crippen molar-refractivity contribution in [2.24, 2.45) is 5.73 Å². The van der Waals surface area contributed by atoms with Gasteiger partial charge in [-0.3, -0.25) is 4.79 Å². The van der Waals surface area contributed by atoms with Crippen molar-refractivity contribution in [2.75, 3.05) is 11.9 Å². The molecule has 20 heavy (non-hydrogen) atoms. The van der Waals surface area contributed by atoms with E-state index in [1.165, 1.54) is 0 Å². The Morgan fingerprint density at radius 3 is 2.30 bits per heavy atom. The third kappa shape index (κ3) is 4.91. The Balaban J connectivity index is 0.00000200. The van der Waals surface area contributed by atoms with Crippen molar-refractivity contribution in [1.82, 2.24) is 0 Å². The number of nitrogens with one attached hydrogen (secondary N) is 1. The summed E-state index contributed by atoms with van der Waals surface area (Å²) in [4.78, 5) is 11.1. The second-order valence-electron chi connectivity index (χ2n) is 4.05. The van der Waals surface area contributed by atoms with Crippen LogP contribution in [0, 0.1) is 0 Å². The highest BCUT2D eigenvalue weighted by Crippen LogP contribution is 2.16. The molecule has 2 aromatic carbocycles. The van der Waals surface area contributed by atoms with Gasteiger partial charge in [-0.15, -0.1) is 12.4 Å². The molecule has 0 unspecified atom stereocenters. The molecule has 0 radical (unpaired) electrons. The number of nitrogens with two attached hydrogens (primary N) is 1. The molecule has 0 heterocycles. The van der Waals surface area contributed by atoms with Crippen molar-refractivity contribution in [1.29, 1.82) is 0 Å². The van der Waals surface area contributed by atoms with E-state index in [1.54, 1.807) is 12.1 Å². The predicted molar refractivity (Wildman–Crippen MR) is 82.1 cm³/mol. The van der Waals surface area contributed by atoms with Crippen molar-refractivity contribution in [3.8, 4) is 5.75 Å². The van der Waals surface area contributed by atoms with E-state index in [9.17, 15) is 4.79 Å². The highest BCUT2D eigenvalue weighted by Gasteiger charge is 2.00. The Labute approximate surface area is 124 Å². The van der Waals surface area contributed by atoms with Gasteiger partial charge < -0.3 is 15.8 Å². The average molecular weight is 293 g/mol. The minimum atomic E-state index is -0.210. The van der Waals surface area contributed by atoms with E-state index in [0.717, 1.165) is 11.3 Å². The van der Waals surface area contributed by atoms with Crippen LogP contribution in [0.25, 0.3) is 0 Å². The lowest BCUT2D eigenvalue weighted by molar-refractivity contribution is -0.114. The van der Waals surface area contributed by atoms with E-state index in [4.69, 9.17) is 10.5 Å². The summed E-state index contributed by atoms with van der Waals surface area (Å²) in [6.45, 7) is 0.502. The third-order valence-electron chi connectivity index (χ3n) is 2.57. The van der Waals surface area contributed by atoms with Gasteiger partial charge in [0.05, 0.1) is 6.54 Å². The van der Waals surface area contributed by atoms with Gasteiger partial charge in [-0.1, -0.05) is 30.3 Å². The third-order valence-corrected chi connectivity index (χ3v) is 2.57. The molecule has 0 saturated heterocycles. The van der Waals surface area contributed by atoms with Gasteiger partial charge in [-0.05, 0) is 29.8 Å². The summed E-state index contributed by atoms with van der Waals surface area (Å²) in [7, 11) is 0. The van der Waals surface area contributed by atoms with Gasteiger partial charge in [-0.25, -0.2) is 0 Å². The molecule has 0 spiro atoms. The number of rotatable bonds is 5. The van der Waals surface area contributed by atoms with Gasteiger partial charge in [0.15, 0.2) is 0 Å². The van der Waals surface area contributed by atoms with Crippen LogP contribution in [0.2, 0.25) is 0 Å². The molecule has 0 atom stereocenters. The highest BCUT2D eigenvalue weighted by atomic mass is 35.5. The second kappa shape index (κ2) is 8.19. The summed E-state index contributed by atoms with van der Waals surface area (Å²) < 4.78 is 5.64. The quantitative estimate of drug-likeness (QED) is 0.890. The van der Waals surface area contributed by atoms with Crippen LogP contribution in [0.1, 0.15) is 5.56 Å². The fourth-order valence-electron chi connectivity index (χ4n) is 1.59. The highest BCUT2D eigenvalue weighted by molar-refractivity contribution is 5.92. The van der Waals surface area contributed by atoms with Crippen LogP contribution in [0.5, 0.6) is 5.75 Å².